The molecule has 0 amide bonds. The van der Waals surface area contributed by atoms with Gasteiger partial charge in [-0.3, -0.25) is 0 Å². The van der Waals surface area contributed by atoms with Crippen molar-refractivity contribution in [1.82, 2.24) is 14.8 Å². The summed E-state index contributed by atoms with van der Waals surface area (Å²) in [4.78, 5) is 0. The van der Waals surface area contributed by atoms with Gasteiger partial charge >= 0.3 is 0 Å². The summed E-state index contributed by atoms with van der Waals surface area (Å²) in [5.41, 5.74) is 0. The maximum absolute atomic E-state index is 3.92. The summed E-state index contributed by atoms with van der Waals surface area (Å²) >= 11 is 0. The van der Waals surface area contributed by atoms with E-state index in [0.717, 1.165) is 12.5 Å². The van der Waals surface area contributed by atoms with Crippen LogP contribution in [-0.2, 0) is 6.54 Å². The van der Waals surface area contributed by atoms with E-state index in [1.165, 1.54) is 148 Å². The molecule has 0 radical (unpaired) electrons. The summed E-state index contributed by atoms with van der Waals surface area (Å²) < 4.78 is 2.12. The molecule has 0 spiro atoms. The first-order valence-corrected chi connectivity index (χ1v) is 14.7. The van der Waals surface area contributed by atoms with Gasteiger partial charge in [-0.05, 0) is 12.3 Å². The van der Waals surface area contributed by atoms with Crippen LogP contribution >= 0.6 is 0 Å². The highest BCUT2D eigenvalue weighted by Gasteiger charge is 2.09. The molecule has 1 unspecified atom stereocenters. The SMILES string of the molecule is CCCCCCCCCCCCC(CCCCCCCCCC)CCCCn1cnnc1. The molecule has 0 aliphatic carbocycles. The number of aromatic nitrogens is 3. The Balaban J connectivity index is 2.09. The van der Waals surface area contributed by atoms with Crippen LogP contribution in [0.1, 0.15) is 162 Å². The fraction of sp³-hybridized carbons (Fsp3) is 0.931. The Kier molecular flexibility index (Phi) is 21.2. The first kappa shape index (κ1) is 29.2. The van der Waals surface area contributed by atoms with E-state index in [4.69, 9.17) is 0 Å². The van der Waals surface area contributed by atoms with Crippen molar-refractivity contribution in [3.05, 3.63) is 12.7 Å². The van der Waals surface area contributed by atoms with Crippen molar-refractivity contribution in [3.63, 3.8) is 0 Å². The normalized spacial score (nSPS) is 12.4. The van der Waals surface area contributed by atoms with Gasteiger partial charge in [-0.25, -0.2) is 0 Å². The lowest BCUT2D eigenvalue weighted by Crippen LogP contribution is -2.03. The van der Waals surface area contributed by atoms with Crippen molar-refractivity contribution in [2.75, 3.05) is 0 Å². The monoisotopic (exact) mass is 447 g/mol. The van der Waals surface area contributed by atoms with Crippen LogP contribution in [0.15, 0.2) is 12.7 Å². The molecule has 188 valence electrons. The lowest BCUT2D eigenvalue weighted by atomic mass is 9.90. The van der Waals surface area contributed by atoms with E-state index >= 15 is 0 Å². The molecule has 32 heavy (non-hydrogen) atoms. The summed E-state index contributed by atoms with van der Waals surface area (Å²) in [6.07, 6.45) is 36.7. The molecule has 0 N–H and O–H groups in total. The molecule has 0 fully saturated rings. The van der Waals surface area contributed by atoms with Crippen LogP contribution in [0.2, 0.25) is 0 Å². The van der Waals surface area contributed by atoms with E-state index < -0.39 is 0 Å². The molecule has 0 aliphatic rings. The lowest BCUT2D eigenvalue weighted by molar-refractivity contribution is 0.364. The lowest BCUT2D eigenvalue weighted by Gasteiger charge is -2.17. The molecule has 0 bridgehead atoms. The smallest absolute Gasteiger partial charge is 0.119 e. The van der Waals surface area contributed by atoms with Gasteiger partial charge in [-0.2, -0.15) is 0 Å². The van der Waals surface area contributed by atoms with Crippen molar-refractivity contribution in [2.45, 2.75) is 168 Å². The highest BCUT2D eigenvalue weighted by Crippen LogP contribution is 2.24. The molecule has 0 saturated carbocycles. The van der Waals surface area contributed by atoms with E-state index in [2.05, 4.69) is 28.6 Å². The minimum atomic E-state index is 0.963. The second-order valence-corrected chi connectivity index (χ2v) is 10.3. The Bertz CT molecular complexity index is 457. The van der Waals surface area contributed by atoms with Crippen molar-refractivity contribution < 1.29 is 0 Å². The number of unbranched alkanes of at least 4 members (excludes halogenated alkanes) is 17. The second-order valence-electron chi connectivity index (χ2n) is 10.3. The average molecular weight is 448 g/mol. The van der Waals surface area contributed by atoms with Gasteiger partial charge in [0.05, 0.1) is 0 Å². The van der Waals surface area contributed by atoms with Gasteiger partial charge in [0.2, 0.25) is 0 Å². The molecule has 1 aromatic heterocycles. The van der Waals surface area contributed by atoms with E-state index in [0.29, 0.717) is 0 Å². The quantitative estimate of drug-likeness (QED) is 0.140. The molecule has 1 rings (SSSR count). The van der Waals surface area contributed by atoms with Crippen LogP contribution < -0.4 is 0 Å². The highest BCUT2D eigenvalue weighted by molar-refractivity contribution is 4.64. The van der Waals surface area contributed by atoms with Crippen molar-refractivity contribution >= 4 is 0 Å². The molecule has 0 aliphatic heterocycles. The summed E-state index contributed by atoms with van der Waals surface area (Å²) in [5.74, 6) is 0.963. The fourth-order valence-corrected chi connectivity index (χ4v) is 4.99. The van der Waals surface area contributed by atoms with Gasteiger partial charge in [-0.1, -0.05) is 155 Å². The zero-order valence-corrected chi connectivity index (χ0v) is 22.0. The molecular weight excluding hydrogens is 390 g/mol. The van der Waals surface area contributed by atoms with Gasteiger partial charge in [0, 0.05) is 6.54 Å². The minimum absolute atomic E-state index is 0.963. The molecule has 1 atom stereocenters. The summed E-state index contributed by atoms with van der Waals surface area (Å²) in [5, 5.41) is 7.84. The van der Waals surface area contributed by atoms with Crippen molar-refractivity contribution in [2.24, 2.45) is 5.92 Å². The molecule has 3 nitrogen and oxygen atoms in total. The fourth-order valence-electron chi connectivity index (χ4n) is 4.99. The molecular formula is C29H57N3. The molecule has 3 heteroatoms. The number of hydrogen-bond acceptors (Lipinski definition) is 2. The van der Waals surface area contributed by atoms with E-state index in [1.807, 2.05) is 12.7 Å². The molecule has 1 heterocycles. The summed E-state index contributed by atoms with van der Waals surface area (Å²) in [6, 6.07) is 0. The van der Waals surface area contributed by atoms with Gasteiger partial charge < -0.3 is 4.57 Å². The zero-order chi connectivity index (χ0) is 23.0. The van der Waals surface area contributed by atoms with Crippen molar-refractivity contribution in [1.29, 1.82) is 0 Å². The van der Waals surface area contributed by atoms with Crippen LogP contribution in [0.4, 0.5) is 0 Å². The number of aryl methyl sites for hydroxylation is 1. The van der Waals surface area contributed by atoms with Crippen LogP contribution in [0, 0.1) is 5.92 Å². The predicted octanol–water partition coefficient (Wildman–Crippen LogP) is 9.91. The van der Waals surface area contributed by atoms with Crippen LogP contribution in [0.3, 0.4) is 0 Å². The topological polar surface area (TPSA) is 30.7 Å². The number of rotatable bonds is 25. The third kappa shape index (κ3) is 18.7. The van der Waals surface area contributed by atoms with E-state index in [1.54, 1.807) is 0 Å². The Hall–Kier alpha value is -0.860. The highest BCUT2D eigenvalue weighted by atomic mass is 15.2. The number of nitrogens with zero attached hydrogens (tertiary/aromatic N) is 3. The Labute approximate surface area is 201 Å². The van der Waals surface area contributed by atoms with Crippen LogP contribution in [0.5, 0.6) is 0 Å². The molecule has 1 aromatic rings. The van der Waals surface area contributed by atoms with Crippen LogP contribution in [0.25, 0.3) is 0 Å². The van der Waals surface area contributed by atoms with Gasteiger partial charge in [0.1, 0.15) is 12.7 Å². The standard InChI is InChI=1S/C29H57N3/c1-3-5-7-9-11-13-14-16-18-20-24-29(23-19-17-15-12-10-8-6-4-2)25-21-22-26-32-27-30-31-28-32/h27-29H,3-26H2,1-2H3. The summed E-state index contributed by atoms with van der Waals surface area (Å²) in [7, 11) is 0. The largest absolute Gasteiger partial charge is 0.320 e. The second kappa shape index (κ2) is 23.3. The zero-order valence-electron chi connectivity index (χ0n) is 22.0. The average Bonchev–Trinajstić information content (AvgIpc) is 3.32. The van der Waals surface area contributed by atoms with Crippen molar-refractivity contribution in [3.8, 4) is 0 Å². The third-order valence-electron chi connectivity index (χ3n) is 7.18. The first-order valence-electron chi connectivity index (χ1n) is 14.7. The Morgan fingerprint density at radius 2 is 0.812 bits per heavy atom. The maximum Gasteiger partial charge on any atom is 0.119 e. The first-order chi connectivity index (χ1) is 15.9. The number of hydrogen-bond donors (Lipinski definition) is 0. The van der Waals surface area contributed by atoms with Crippen LogP contribution in [-0.4, -0.2) is 14.8 Å². The van der Waals surface area contributed by atoms with Gasteiger partial charge in [0.25, 0.3) is 0 Å². The van der Waals surface area contributed by atoms with E-state index in [9.17, 15) is 0 Å². The van der Waals surface area contributed by atoms with E-state index in [-0.39, 0.29) is 0 Å². The molecule has 0 aromatic carbocycles. The summed E-state index contributed by atoms with van der Waals surface area (Å²) in [6.45, 7) is 5.69. The Morgan fingerprint density at radius 1 is 0.469 bits per heavy atom. The maximum atomic E-state index is 3.92. The van der Waals surface area contributed by atoms with Gasteiger partial charge in [0.15, 0.2) is 0 Å². The van der Waals surface area contributed by atoms with Gasteiger partial charge in [-0.15, -0.1) is 10.2 Å². The minimum Gasteiger partial charge on any atom is -0.320 e. The molecule has 0 saturated heterocycles. The predicted molar refractivity (Wildman–Crippen MR) is 141 cm³/mol. The third-order valence-corrected chi connectivity index (χ3v) is 7.18. The Morgan fingerprint density at radius 3 is 1.22 bits per heavy atom.